The molecule has 20 heteroatoms. The number of alkyl halides is 7. The normalized spacial score (nSPS) is 16.2. The molecule has 53 heavy (non-hydrogen) atoms. The Kier molecular flexibility index (Phi) is 12.9. The summed E-state index contributed by atoms with van der Waals surface area (Å²) >= 11 is 12.0. The van der Waals surface area contributed by atoms with Gasteiger partial charge in [0.1, 0.15) is 11.8 Å². The van der Waals surface area contributed by atoms with Crippen LogP contribution in [0.5, 0.6) is 0 Å². The van der Waals surface area contributed by atoms with E-state index in [2.05, 4.69) is 29.9 Å². The molecule has 1 aliphatic rings. The molecule has 1 saturated heterocycles. The summed E-state index contributed by atoms with van der Waals surface area (Å²) in [7, 11) is 0. The lowest BCUT2D eigenvalue weighted by Gasteiger charge is -2.27. The van der Waals surface area contributed by atoms with E-state index in [4.69, 9.17) is 33.7 Å². The van der Waals surface area contributed by atoms with Crippen LogP contribution < -0.4 is 5.73 Å². The standard InChI is InChI=1S/C22H23ClF4N4O3.C11H8ClF3N4/c1-21(2,3)34-20(33)31-11-14(24)7-17(31)18(32)5-4-12-6-16(28-10-15(12)23)13-8-29-19(30-9-13)22(25,26)27;12-8-5-17-9(1-6(8)2-16)7-3-18-10(19-4-7)11(13,14)15/h6,8-10,14,17H,4-5,7,11H2,1-3H3;1,3-5H,2,16H2/t14-,17+;/m1./s1. The predicted molar refractivity (Wildman–Crippen MR) is 178 cm³/mol. The minimum Gasteiger partial charge on any atom is -0.444 e. The lowest BCUT2D eigenvalue weighted by atomic mass is 10.0. The van der Waals surface area contributed by atoms with E-state index in [9.17, 15) is 40.3 Å². The van der Waals surface area contributed by atoms with E-state index >= 15 is 0 Å². The Labute approximate surface area is 308 Å². The Bertz CT molecular complexity index is 1910. The van der Waals surface area contributed by atoms with Gasteiger partial charge in [-0.3, -0.25) is 19.7 Å². The van der Waals surface area contributed by atoms with Crippen LogP contribution in [0.25, 0.3) is 22.5 Å². The van der Waals surface area contributed by atoms with Gasteiger partial charge in [0.15, 0.2) is 5.78 Å². The van der Waals surface area contributed by atoms with E-state index in [1.165, 1.54) is 18.5 Å². The number of hydrogen-bond acceptors (Lipinski definition) is 10. The fourth-order valence-electron chi connectivity index (χ4n) is 4.87. The summed E-state index contributed by atoms with van der Waals surface area (Å²) in [4.78, 5) is 47.6. The van der Waals surface area contributed by atoms with Crippen molar-refractivity contribution in [2.45, 2.75) is 76.7 Å². The fourth-order valence-corrected chi connectivity index (χ4v) is 5.25. The van der Waals surface area contributed by atoms with Gasteiger partial charge in [0.2, 0.25) is 11.6 Å². The average molecular weight is 792 g/mol. The number of nitrogens with zero attached hydrogens (tertiary/aromatic N) is 7. The maximum atomic E-state index is 14.0. The molecule has 4 aromatic heterocycles. The van der Waals surface area contributed by atoms with Crippen molar-refractivity contribution in [3.05, 3.63) is 82.1 Å². The summed E-state index contributed by atoms with van der Waals surface area (Å²) in [5, 5.41) is 0.655. The highest BCUT2D eigenvalue weighted by molar-refractivity contribution is 6.31. The van der Waals surface area contributed by atoms with E-state index in [1.54, 1.807) is 26.8 Å². The zero-order valence-corrected chi connectivity index (χ0v) is 29.7. The Morgan fingerprint density at radius 1 is 0.792 bits per heavy atom. The molecule has 4 aromatic rings. The van der Waals surface area contributed by atoms with Gasteiger partial charge < -0.3 is 10.5 Å². The number of nitrogens with two attached hydrogens (primary N) is 1. The Balaban J connectivity index is 0.000000278. The third-order valence-electron chi connectivity index (χ3n) is 7.38. The molecule has 1 fully saturated rings. The number of halogens is 9. The van der Waals surface area contributed by atoms with Crippen molar-refractivity contribution < 1.29 is 45.1 Å². The van der Waals surface area contributed by atoms with Crippen LogP contribution in [0, 0.1) is 0 Å². The van der Waals surface area contributed by atoms with Crippen LogP contribution in [-0.4, -0.2) is 71.0 Å². The van der Waals surface area contributed by atoms with Gasteiger partial charge in [-0.2, -0.15) is 26.3 Å². The van der Waals surface area contributed by atoms with Crippen molar-refractivity contribution in [3.8, 4) is 22.5 Å². The summed E-state index contributed by atoms with van der Waals surface area (Å²) in [5.74, 6) is -2.81. The van der Waals surface area contributed by atoms with Crippen LogP contribution in [-0.2, 0) is 34.8 Å². The van der Waals surface area contributed by atoms with Crippen LogP contribution in [0.4, 0.5) is 35.5 Å². The van der Waals surface area contributed by atoms with Gasteiger partial charge in [-0.15, -0.1) is 0 Å². The lowest BCUT2D eigenvalue weighted by molar-refractivity contribution is -0.145. The number of likely N-dealkylation sites (tertiary alicyclic amines) is 1. The first-order valence-corrected chi connectivity index (χ1v) is 16.4. The van der Waals surface area contributed by atoms with Gasteiger partial charge in [0.05, 0.1) is 34.0 Å². The van der Waals surface area contributed by atoms with Crippen LogP contribution in [0.2, 0.25) is 10.0 Å². The van der Waals surface area contributed by atoms with Gasteiger partial charge >= 0.3 is 18.4 Å². The van der Waals surface area contributed by atoms with Crippen molar-refractivity contribution in [1.82, 2.24) is 34.8 Å². The minimum absolute atomic E-state index is 0.0383. The van der Waals surface area contributed by atoms with Crippen molar-refractivity contribution in [2.75, 3.05) is 6.54 Å². The van der Waals surface area contributed by atoms with Crippen LogP contribution >= 0.6 is 23.2 Å². The maximum absolute atomic E-state index is 14.0. The summed E-state index contributed by atoms with van der Waals surface area (Å²) in [5.41, 5.74) is 7.15. The fraction of sp³-hybridized carbons (Fsp3) is 0.394. The zero-order chi connectivity index (χ0) is 39.3. The van der Waals surface area contributed by atoms with Crippen molar-refractivity contribution in [1.29, 1.82) is 0 Å². The summed E-state index contributed by atoms with van der Waals surface area (Å²) in [6.07, 6.45) is -4.49. The number of ether oxygens (including phenoxy) is 1. The van der Waals surface area contributed by atoms with Gasteiger partial charge in [-0.25, -0.2) is 29.1 Å². The van der Waals surface area contributed by atoms with E-state index in [0.717, 1.165) is 29.7 Å². The number of aromatic nitrogens is 6. The second-order valence-electron chi connectivity index (χ2n) is 12.6. The molecule has 0 unspecified atom stereocenters. The number of rotatable bonds is 7. The van der Waals surface area contributed by atoms with E-state index < -0.39 is 47.9 Å². The Hall–Kier alpha value is -4.55. The molecule has 0 saturated carbocycles. The third-order valence-corrected chi connectivity index (χ3v) is 8.06. The molecule has 0 radical (unpaired) electrons. The molecular formula is C33H31Cl2F7N8O3. The molecule has 0 aliphatic carbocycles. The summed E-state index contributed by atoms with van der Waals surface area (Å²) < 4.78 is 94.3. The van der Waals surface area contributed by atoms with Crippen LogP contribution in [0.3, 0.4) is 0 Å². The first-order valence-electron chi connectivity index (χ1n) is 15.6. The SMILES string of the molecule is CC(C)(C)OC(=O)N1C[C@H](F)C[C@H]1C(=O)CCc1cc(-c2cnc(C(F)(F)F)nc2)ncc1Cl.NCc1cc(-c2cnc(C(F)(F)F)nc2)ncc1Cl. The highest BCUT2D eigenvalue weighted by Gasteiger charge is 2.41. The molecule has 0 bridgehead atoms. The molecule has 0 spiro atoms. The molecule has 5 heterocycles. The van der Waals surface area contributed by atoms with Crippen molar-refractivity contribution >= 4 is 35.1 Å². The molecule has 1 aliphatic heterocycles. The van der Waals surface area contributed by atoms with Gasteiger partial charge in [0, 0.05) is 67.7 Å². The molecule has 11 nitrogen and oxygen atoms in total. The number of pyridine rings is 2. The highest BCUT2D eigenvalue weighted by Crippen LogP contribution is 2.30. The minimum atomic E-state index is -4.66. The molecule has 2 atom stereocenters. The van der Waals surface area contributed by atoms with Crippen molar-refractivity contribution in [3.63, 3.8) is 0 Å². The molecule has 1 amide bonds. The monoisotopic (exact) mass is 790 g/mol. The van der Waals surface area contributed by atoms with E-state index in [-0.39, 0.29) is 54.4 Å². The number of amides is 1. The highest BCUT2D eigenvalue weighted by atomic mass is 35.5. The number of aryl methyl sites for hydroxylation is 1. The second-order valence-corrected chi connectivity index (χ2v) is 13.4. The number of carbonyl (C=O) groups is 2. The molecule has 0 aromatic carbocycles. The van der Waals surface area contributed by atoms with E-state index in [0.29, 0.717) is 27.4 Å². The van der Waals surface area contributed by atoms with Crippen LogP contribution in [0.1, 0.15) is 56.4 Å². The van der Waals surface area contributed by atoms with Gasteiger partial charge in [-0.1, -0.05) is 23.2 Å². The van der Waals surface area contributed by atoms with Gasteiger partial charge in [-0.05, 0) is 50.5 Å². The first-order chi connectivity index (χ1) is 24.7. The first kappa shape index (κ1) is 41.2. The summed E-state index contributed by atoms with van der Waals surface area (Å²) in [6, 6.07) is 2.17. The van der Waals surface area contributed by atoms with Crippen LogP contribution in [0.15, 0.2) is 49.3 Å². The number of hydrogen-bond donors (Lipinski definition) is 1. The van der Waals surface area contributed by atoms with Crippen molar-refractivity contribution in [2.24, 2.45) is 5.73 Å². The largest absolute Gasteiger partial charge is 0.451 e. The maximum Gasteiger partial charge on any atom is 0.451 e. The molecule has 284 valence electrons. The smallest absolute Gasteiger partial charge is 0.444 e. The van der Waals surface area contributed by atoms with E-state index in [1.807, 2.05) is 0 Å². The quantitative estimate of drug-likeness (QED) is 0.184. The molecular weight excluding hydrogens is 760 g/mol. The molecule has 5 rings (SSSR count). The van der Waals surface area contributed by atoms with Gasteiger partial charge in [0.25, 0.3) is 0 Å². The number of ketones is 1. The average Bonchev–Trinajstić information content (AvgIpc) is 3.49. The lowest BCUT2D eigenvalue weighted by Crippen LogP contribution is -2.43. The molecule has 2 N–H and O–H groups in total. The summed E-state index contributed by atoms with van der Waals surface area (Å²) in [6.45, 7) is 5.01. The Morgan fingerprint density at radius 2 is 1.25 bits per heavy atom. The second kappa shape index (κ2) is 16.6. The predicted octanol–water partition coefficient (Wildman–Crippen LogP) is 7.73. The topological polar surface area (TPSA) is 150 Å². The Morgan fingerprint density at radius 3 is 1.68 bits per heavy atom. The zero-order valence-electron chi connectivity index (χ0n) is 28.1. The number of Topliss-reactive ketones (excluding diaryl/α,β-unsaturated/α-hetero) is 1. The third kappa shape index (κ3) is 11.2. The number of carbonyl (C=O) groups excluding carboxylic acids is 2.